The van der Waals surface area contributed by atoms with Crippen LogP contribution in [0, 0.1) is 0 Å². The highest BCUT2D eigenvalue weighted by Gasteiger charge is 2.06. The van der Waals surface area contributed by atoms with E-state index in [1.165, 1.54) is 0 Å². The summed E-state index contributed by atoms with van der Waals surface area (Å²) in [5, 5.41) is 9.29. The topological polar surface area (TPSA) is 84.0 Å². The number of rotatable bonds is 11. The summed E-state index contributed by atoms with van der Waals surface area (Å²) in [6.45, 7) is 5.10. The lowest BCUT2D eigenvalue weighted by Crippen LogP contribution is -2.41. The molecule has 30 heavy (non-hydrogen) atoms. The van der Waals surface area contributed by atoms with Gasteiger partial charge in [0.15, 0.2) is 5.96 Å². The molecular formula is C22H31IN4O3. The van der Waals surface area contributed by atoms with Gasteiger partial charge in [0.2, 0.25) is 0 Å². The van der Waals surface area contributed by atoms with Gasteiger partial charge >= 0.3 is 0 Å². The van der Waals surface area contributed by atoms with Crippen molar-refractivity contribution in [2.45, 2.75) is 13.3 Å². The molecule has 0 saturated heterocycles. The zero-order valence-corrected chi connectivity index (χ0v) is 19.8. The largest absolute Gasteiger partial charge is 0.497 e. The van der Waals surface area contributed by atoms with Crippen molar-refractivity contribution in [3.05, 3.63) is 60.2 Å². The first-order valence-electron chi connectivity index (χ1n) is 9.85. The number of amides is 1. The number of hydrogen-bond donors (Lipinski definition) is 3. The summed E-state index contributed by atoms with van der Waals surface area (Å²) in [6, 6.07) is 16.8. The molecule has 0 aromatic heterocycles. The molecule has 0 aliphatic carbocycles. The van der Waals surface area contributed by atoms with E-state index in [1.807, 2.05) is 43.3 Å². The molecule has 164 valence electrons. The van der Waals surface area contributed by atoms with Gasteiger partial charge in [-0.25, -0.2) is 0 Å². The first-order valence-corrected chi connectivity index (χ1v) is 9.85. The highest BCUT2D eigenvalue weighted by molar-refractivity contribution is 14.0. The van der Waals surface area contributed by atoms with E-state index in [0.29, 0.717) is 37.6 Å². The number of guanidine groups is 1. The van der Waals surface area contributed by atoms with Gasteiger partial charge in [-0.1, -0.05) is 24.3 Å². The van der Waals surface area contributed by atoms with Crippen molar-refractivity contribution in [2.24, 2.45) is 4.99 Å². The van der Waals surface area contributed by atoms with Crippen molar-refractivity contribution in [3.8, 4) is 11.5 Å². The van der Waals surface area contributed by atoms with E-state index in [4.69, 9.17) is 9.47 Å². The van der Waals surface area contributed by atoms with Crippen molar-refractivity contribution in [1.82, 2.24) is 16.0 Å². The minimum Gasteiger partial charge on any atom is -0.497 e. The normalized spacial score (nSPS) is 10.5. The lowest BCUT2D eigenvalue weighted by Gasteiger charge is -2.12. The maximum Gasteiger partial charge on any atom is 0.251 e. The monoisotopic (exact) mass is 526 g/mol. The van der Waals surface area contributed by atoms with Crippen LogP contribution in [0.15, 0.2) is 59.6 Å². The van der Waals surface area contributed by atoms with Crippen LogP contribution in [0.4, 0.5) is 0 Å². The number of carbonyl (C=O) groups is 1. The average Bonchev–Trinajstić information content (AvgIpc) is 2.77. The molecule has 0 aliphatic rings. The van der Waals surface area contributed by atoms with Gasteiger partial charge in [0.05, 0.1) is 13.7 Å². The maximum atomic E-state index is 12.2. The summed E-state index contributed by atoms with van der Waals surface area (Å²) in [7, 11) is 1.58. The Bertz CT molecular complexity index is 772. The zero-order chi connectivity index (χ0) is 20.7. The van der Waals surface area contributed by atoms with Crippen LogP contribution < -0.4 is 25.4 Å². The maximum absolute atomic E-state index is 12.2. The van der Waals surface area contributed by atoms with Gasteiger partial charge in [-0.2, -0.15) is 0 Å². The molecule has 0 saturated carbocycles. The summed E-state index contributed by atoms with van der Waals surface area (Å²) in [5.74, 6) is 2.12. The second-order valence-corrected chi connectivity index (χ2v) is 6.19. The molecule has 3 N–H and O–H groups in total. The van der Waals surface area contributed by atoms with Gasteiger partial charge in [0.1, 0.15) is 11.5 Å². The van der Waals surface area contributed by atoms with E-state index in [9.17, 15) is 4.79 Å². The van der Waals surface area contributed by atoms with Crippen LogP contribution in [0.2, 0.25) is 0 Å². The molecule has 8 heteroatoms. The summed E-state index contributed by atoms with van der Waals surface area (Å²) in [5.41, 5.74) is 0.573. The molecule has 2 aromatic carbocycles. The van der Waals surface area contributed by atoms with Gasteiger partial charge in [-0.3, -0.25) is 9.79 Å². The standard InChI is InChI=1S/C22H30N4O3.HI/c1-3-23-22(25-13-8-16-29-19-10-5-4-6-11-19)26-15-14-24-21(27)18-9-7-12-20(17-18)28-2;/h4-7,9-12,17H,3,8,13-16H2,1-2H3,(H,24,27)(H2,23,25,26);1H. The van der Waals surface area contributed by atoms with E-state index < -0.39 is 0 Å². The van der Waals surface area contributed by atoms with E-state index in [-0.39, 0.29) is 29.9 Å². The number of hydrogen-bond acceptors (Lipinski definition) is 4. The molecule has 0 radical (unpaired) electrons. The Balaban J connectivity index is 0.00000450. The third-order valence-corrected chi connectivity index (χ3v) is 3.96. The van der Waals surface area contributed by atoms with Crippen LogP contribution >= 0.6 is 24.0 Å². The Morgan fingerprint density at radius 3 is 2.43 bits per heavy atom. The molecule has 7 nitrogen and oxygen atoms in total. The number of benzene rings is 2. The van der Waals surface area contributed by atoms with Crippen molar-refractivity contribution >= 4 is 35.8 Å². The number of para-hydroxylation sites is 1. The molecule has 2 rings (SSSR count). The number of aliphatic imine (C=N–C) groups is 1. The number of carbonyl (C=O) groups excluding carboxylic acids is 1. The fourth-order valence-electron chi connectivity index (χ4n) is 2.53. The van der Waals surface area contributed by atoms with Gasteiger partial charge < -0.3 is 25.4 Å². The van der Waals surface area contributed by atoms with Gasteiger partial charge in [0, 0.05) is 38.2 Å². The minimum atomic E-state index is -0.134. The number of ether oxygens (including phenoxy) is 2. The summed E-state index contributed by atoms with van der Waals surface area (Å²) >= 11 is 0. The molecule has 0 bridgehead atoms. The molecule has 1 amide bonds. The molecule has 0 aliphatic heterocycles. The van der Waals surface area contributed by atoms with E-state index in [0.717, 1.165) is 24.7 Å². The van der Waals surface area contributed by atoms with Gasteiger partial charge in [-0.15, -0.1) is 24.0 Å². The van der Waals surface area contributed by atoms with Crippen molar-refractivity contribution < 1.29 is 14.3 Å². The SMILES string of the molecule is CCNC(=NCCCOc1ccccc1)NCCNC(=O)c1cccc(OC)c1.I. The van der Waals surface area contributed by atoms with E-state index >= 15 is 0 Å². The van der Waals surface area contributed by atoms with Crippen LogP contribution in [-0.4, -0.2) is 51.8 Å². The van der Waals surface area contributed by atoms with Crippen LogP contribution in [0.5, 0.6) is 11.5 Å². The molecule has 0 unspecified atom stereocenters. The third-order valence-electron chi connectivity index (χ3n) is 3.96. The smallest absolute Gasteiger partial charge is 0.251 e. The van der Waals surface area contributed by atoms with E-state index in [1.54, 1.807) is 25.3 Å². The number of methoxy groups -OCH3 is 1. The second-order valence-electron chi connectivity index (χ2n) is 6.19. The zero-order valence-electron chi connectivity index (χ0n) is 17.5. The Morgan fingerprint density at radius 1 is 0.967 bits per heavy atom. The number of nitrogens with zero attached hydrogens (tertiary/aromatic N) is 1. The number of nitrogens with one attached hydrogen (secondary N) is 3. The van der Waals surface area contributed by atoms with Gasteiger partial charge in [0.25, 0.3) is 5.91 Å². The highest BCUT2D eigenvalue weighted by atomic mass is 127. The Labute approximate surface area is 195 Å². The predicted octanol–water partition coefficient (Wildman–Crippen LogP) is 3.07. The average molecular weight is 526 g/mol. The summed E-state index contributed by atoms with van der Waals surface area (Å²) < 4.78 is 10.8. The lowest BCUT2D eigenvalue weighted by atomic mass is 10.2. The molecular weight excluding hydrogens is 495 g/mol. The molecule has 0 atom stereocenters. The molecule has 2 aromatic rings. The van der Waals surface area contributed by atoms with Crippen LogP contribution in [0.3, 0.4) is 0 Å². The van der Waals surface area contributed by atoms with Crippen molar-refractivity contribution in [3.63, 3.8) is 0 Å². The lowest BCUT2D eigenvalue weighted by molar-refractivity contribution is 0.0954. The Morgan fingerprint density at radius 2 is 1.70 bits per heavy atom. The van der Waals surface area contributed by atoms with Crippen LogP contribution in [0.25, 0.3) is 0 Å². The Kier molecular flexibility index (Phi) is 13.1. The summed E-state index contributed by atoms with van der Waals surface area (Å²) in [6.07, 6.45) is 0.818. The first kappa shape index (κ1) is 25.5. The second kappa shape index (κ2) is 15.4. The van der Waals surface area contributed by atoms with Crippen LogP contribution in [0.1, 0.15) is 23.7 Å². The third kappa shape index (κ3) is 9.82. The Hall–Kier alpha value is -2.49. The van der Waals surface area contributed by atoms with Gasteiger partial charge in [-0.05, 0) is 37.3 Å². The van der Waals surface area contributed by atoms with E-state index in [2.05, 4.69) is 20.9 Å². The fourth-order valence-corrected chi connectivity index (χ4v) is 2.53. The van der Waals surface area contributed by atoms with Crippen molar-refractivity contribution in [2.75, 3.05) is 39.9 Å². The predicted molar refractivity (Wildman–Crippen MR) is 131 cm³/mol. The van der Waals surface area contributed by atoms with Crippen molar-refractivity contribution in [1.29, 1.82) is 0 Å². The fraction of sp³-hybridized carbons (Fsp3) is 0.364. The quantitative estimate of drug-likeness (QED) is 0.182. The first-order chi connectivity index (χ1) is 14.2. The molecule has 0 heterocycles. The highest BCUT2D eigenvalue weighted by Crippen LogP contribution is 2.12. The molecule has 0 spiro atoms. The number of halogens is 1. The van der Waals surface area contributed by atoms with Crippen LogP contribution in [-0.2, 0) is 0 Å². The minimum absolute atomic E-state index is 0. The summed E-state index contributed by atoms with van der Waals surface area (Å²) in [4.78, 5) is 16.7. The molecule has 0 fully saturated rings.